The number of carboxylic acid groups (broad SMARTS) is 1. The van der Waals surface area contributed by atoms with Gasteiger partial charge in [0.25, 0.3) is 0 Å². The standard InChI is InChI=1S/C18H22O2/c1-3-7-15-10-17(14-8-5-4-6-9-14)11-16(13(15)2)12-18(19)20/h3-6,8-9,15-17H,1-2,7,10-12H2,(H,19,20)/t15?,16-,17?/m0/s1. The van der Waals surface area contributed by atoms with Gasteiger partial charge in [-0.15, -0.1) is 6.58 Å². The first-order valence-electron chi connectivity index (χ1n) is 7.18. The average molecular weight is 270 g/mol. The van der Waals surface area contributed by atoms with Gasteiger partial charge in [-0.25, -0.2) is 0 Å². The fourth-order valence-electron chi connectivity index (χ4n) is 3.29. The van der Waals surface area contributed by atoms with E-state index in [2.05, 4.69) is 25.3 Å². The zero-order chi connectivity index (χ0) is 14.5. The molecule has 0 bridgehead atoms. The second-order valence-corrected chi connectivity index (χ2v) is 5.67. The first-order valence-corrected chi connectivity index (χ1v) is 7.18. The molecule has 0 saturated heterocycles. The fraction of sp³-hybridized carbons (Fsp3) is 0.389. The van der Waals surface area contributed by atoms with Gasteiger partial charge in [-0.1, -0.05) is 48.6 Å². The monoisotopic (exact) mass is 270 g/mol. The van der Waals surface area contributed by atoms with Crippen LogP contribution < -0.4 is 0 Å². The number of allylic oxidation sites excluding steroid dienone is 2. The molecular formula is C18H22O2. The first kappa shape index (κ1) is 14.6. The first-order chi connectivity index (χ1) is 9.61. The van der Waals surface area contributed by atoms with Crippen LogP contribution >= 0.6 is 0 Å². The maximum atomic E-state index is 11.1. The van der Waals surface area contributed by atoms with Gasteiger partial charge in [0.15, 0.2) is 0 Å². The molecule has 1 saturated carbocycles. The maximum absolute atomic E-state index is 11.1. The van der Waals surface area contributed by atoms with Crippen LogP contribution in [-0.2, 0) is 4.79 Å². The van der Waals surface area contributed by atoms with E-state index in [9.17, 15) is 4.79 Å². The third-order valence-corrected chi connectivity index (χ3v) is 4.33. The average Bonchev–Trinajstić information content (AvgIpc) is 2.44. The van der Waals surface area contributed by atoms with Crippen molar-refractivity contribution in [2.45, 2.75) is 31.6 Å². The summed E-state index contributed by atoms with van der Waals surface area (Å²) in [6.45, 7) is 7.98. The minimum absolute atomic E-state index is 0.0800. The number of hydrogen-bond acceptors (Lipinski definition) is 1. The summed E-state index contributed by atoms with van der Waals surface area (Å²) in [4.78, 5) is 11.1. The SMILES string of the molecule is C=CCC1CC(c2ccccc2)C[C@@H](CC(=O)O)C1=C. The molecule has 0 amide bonds. The molecule has 1 aliphatic rings. The number of benzene rings is 1. The van der Waals surface area contributed by atoms with Crippen LogP contribution in [0.2, 0.25) is 0 Å². The Labute approximate surface area is 120 Å². The summed E-state index contributed by atoms with van der Waals surface area (Å²) in [5.74, 6) is 0.130. The van der Waals surface area contributed by atoms with E-state index < -0.39 is 5.97 Å². The lowest BCUT2D eigenvalue weighted by Gasteiger charge is -2.36. The van der Waals surface area contributed by atoms with Crippen LogP contribution in [0.3, 0.4) is 0 Å². The van der Waals surface area contributed by atoms with Crippen LogP contribution in [0, 0.1) is 11.8 Å². The van der Waals surface area contributed by atoms with Crippen LogP contribution in [0.5, 0.6) is 0 Å². The third kappa shape index (κ3) is 3.38. The lowest BCUT2D eigenvalue weighted by molar-refractivity contribution is -0.138. The summed E-state index contributed by atoms with van der Waals surface area (Å²) in [6.07, 6.45) is 4.93. The highest BCUT2D eigenvalue weighted by Crippen LogP contribution is 2.44. The topological polar surface area (TPSA) is 37.3 Å². The Morgan fingerprint density at radius 3 is 2.50 bits per heavy atom. The highest BCUT2D eigenvalue weighted by Gasteiger charge is 2.33. The minimum Gasteiger partial charge on any atom is -0.481 e. The van der Waals surface area contributed by atoms with Gasteiger partial charge in [-0.3, -0.25) is 4.79 Å². The lowest BCUT2D eigenvalue weighted by Crippen LogP contribution is -2.25. The summed E-state index contributed by atoms with van der Waals surface area (Å²) in [7, 11) is 0. The molecule has 0 spiro atoms. The molecule has 1 aromatic rings. The van der Waals surface area contributed by atoms with E-state index in [1.807, 2.05) is 24.3 Å². The van der Waals surface area contributed by atoms with Gasteiger partial charge in [0.2, 0.25) is 0 Å². The van der Waals surface area contributed by atoms with Crippen molar-refractivity contribution in [1.29, 1.82) is 0 Å². The van der Waals surface area contributed by atoms with E-state index in [0.29, 0.717) is 11.8 Å². The molecule has 1 aliphatic carbocycles. The smallest absolute Gasteiger partial charge is 0.303 e. The van der Waals surface area contributed by atoms with E-state index in [4.69, 9.17) is 5.11 Å². The molecule has 0 aliphatic heterocycles. The molecule has 106 valence electrons. The van der Waals surface area contributed by atoms with Crippen molar-refractivity contribution in [1.82, 2.24) is 0 Å². The lowest BCUT2D eigenvalue weighted by atomic mass is 9.68. The van der Waals surface area contributed by atoms with Crippen LogP contribution in [0.4, 0.5) is 0 Å². The van der Waals surface area contributed by atoms with E-state index in [-0.39, 0.29) is 12.3 Å². The summed E-state index contributed by atoms with van der Waals surface area (Å²) in [5, 5.41) is 9.10. The number of carbonyl (C=O) groups is 1. The van der Waals surface area contributed by atoms with Gasteiger partial charge in [0.05, 0.1) is 6.42 Å². The number of hydrogen-bond donors (Lipinski definition) is 1. The summed E-state index contributed by atoms with van der Waals surface area (Å²) in [6, 6.07) is 10.4. The molecule has 1 aromatic carbocycles. The van der Waals surface area contributed by atoms with E-state index in [0.717, 1.165) is 24.8 Å². The normalized spacial score (nSPS) is 26.2. The summed E-state index contributed by atoms with van der Waals surface area (Å²) >= 11 is 0. The molecule has 2 rings (SSSR count). The van der Waals surface area contributed by atoms with Crippen molar-refractivity contribution in [3.8, 4) is 0 Å². The molecular weight excluding hydrogens is 248 g/mol. The van der Waals surface area contributed by atoms with Gasteiger partial charge >= 0.3 is 5.97 Å². The van der Waals surface area contributed by atoms with Crippen LogP contribution in [0.1, 0.15) is 37.2 Å². The summed E-state index contributed by atoms with van der Waals surface area (Å²) < 4.78 is 0. The minimum atomic E-state index is -0.734. The molecule has 0 radical (unpaired) electrons. The quantitative estimate of drug-likeness (QED) is 0.805. The second kappa shape index (κ2) is 6.56. The molecule has 2 heteroatoms. The fourth-order valence-corrected chi connectivity index (χ4v) is 3.29. The van der Waals surface area contributed by atoms with Gasteiger partial charge < -0.3 is 5.11 Å². The Hall–Kier alpha value is -1.83. The third-order valence-electron chi connectivity index (χ3n) is 4.33. The van der Waals surface area contributed by atoms with Crippen molar-refractivity contribution < 1.29 is 9.90 Å². The predicted octanol–water partition coefficient (Wildman–Crippen LogP) is 4.40. The zero-order valence-electron chi connectivity index (χ0n) is 11.8. The number of aliphatic carboxylic acids is 1. The zero-order valence-corrected chi connectivity index (χ0v) is 11.8. The molecule has 2 nitrogen and oxygen atoms in total. The Morgan fingerprint density at radius 1 is 1.25 bits per heavy atom. The highest BCUT2D eigenvalue weighted by atomic mass is 16.4. The molecule has 3 atom stereocenters. The molecule has 1 fully saturated rings. The van der Waals surface area contributed by atoms with Crippen molar-refractivity contribution in [2.75, 3.05) is 0 Å². The molecule has 0 heterocycles. The molecule has 0 aromatic heterocycles. The number of carboxylic acids is 1. The van der Waals surface area contributed by atoms with Crippen LogP contribution in [0.25, 0.3) is 0 Å². The van der Waals surface area contributed by atoms with Crippen LogP contribution in [-0.4, -0.2) is 11.1 Å². The van der Waals surface area contributed by atoms with E-state index in [1.54, 1.807) is 0 Å². The molecule has 1 N–H and O–H groups in total. The van der Waals surface area contributed by atoms with Crippen molar-refractivity contribution in [2.24, 2.45) is 11.8 Å². The van der Waals surface area contributed by atoms with E-state index >= 15 is 0 Å². The van der Waals surface area contributed by atoms with Crippen molar-refractivity contribution in [3.63, 3.8) is 0 Å². The van der Waals surface area contributed by atoms with Gasteiger partial charge in [0, 0.05) is 0 Å². The second-order valence-electron chi connectivity index (χ2n) is 5.67. The van der Waals surface area contributed by atoms with Crippen molar-refractivity contribution in [3.05, 3.63) is 60.7 Å². The Kier molecular flexibility index (Phi) is 4.78. The Bertz CT molecular complexity index is 489. The van der Waals surface area contributed by atoms with Crippen LogP contribution in [0.15, 0.2) is 55.1 Å². The summed E-state index contributed by atoms with van der Waals surface area (Å²) in [5.41, 5.74) is 2.41. The maximum Gasteiger partial charge on any atom is 0.303 e. The largest absolute Gasteiger partial charge is 0.481 e. The molecule has 20 heavy (non-hydrogen) atoms. The number of rotatable bonds is 5. The van der Waals surface area contributed by atoms with Gasteiger partial charge in [0.1, 0.15) is 0 Å². The predicted molar refractivity (Wildman–Crippen MR) is 81.6 cm³/mol. The van der Waals surface area contributed by atoms with Gasteiger partial charge in [-0.05, 0) is 42.6 Å². The Morgan fingerprint density at radius 2 is 1.90 bits per heavy atom. The van der Waals surface area contributed by atoms with E-state index in [1.165, 1.54) is 5.56 Å². The van der Waals surface area contributed by atoms with Gasteiger partial charge in [-0.2, -0.15) is 0 Å². The highest BCUT2D eigenvalue weighted by molar-refractivity contribution is 5.67. The Balaban J connectivity index is 2.20. The van der Waals surface area contributed by atoms with Crippen molar-refractivity contribution >= 4 is 5.97 Å². The molecule has 2 unspecified atom stereocenters.